The molecule has 1 heterocycles. The molecule has 1 aliphatic rings. The Morgan fingerprint density at radius 3 is 2.85 bits per heavy atom. The molecule has 1 aromatic carbocycles. The lowest BCUT2D eigenvalue weighted by atomic mass is 10.1. The average molecular weight is 272 g/mol. The minimum atomic E-state index is 0.377. The number of benzene rings is 1. The summed E-state index contributed by atoms with van der Waals surface area (Å²) in [6, 6.07) is 6.12. The zero-order valence-corrected chi connectivity index (χ0v) is 12.3. The first kappa shape index (κ1) is 14.9. The molecule has 0 bridgehead atoms. The average Bonchev–Trinajstić information content (AvgIpc) is 2.96. The maximum Gasteiger partial charge on any atom is 0.134 e. The minimum absolute atomic E-state index is 0.377. The van der Waals surface area contributed by atoms with E-state index in [9.17, 15) is 0 Å². The molecule has 0 aromatic heterocycles. The maximum absolute atomic E-state index is 5.88. The van der Waals surface area contributed by atoms with Gasteiger partial charge in [-0.2, -0.15) is 0 Å². The van der Waals surface area contributed by atoms with Crippen LogP contribution in [-0.2, 0) is 0 Å². The Morgan fingerprint density at radius 2 is 2.10 bits per heavy atom. The highest BCUT2D eigenvalue weighted by Gasteiger charge is 2.10. The van der Waals surface area contributed by atoms with Crippen molar-refractivity contribution in [2.75, 3.05) is 32.8 Å². The van der Waals surface area contributed by atoms with E-state index in [0.717, 1.165) is 30.9 Å². The SMILES string of the molecule is Cc1ccc(OCCCN2CCCC2)c(C#CCN)c1. The van der Waals surface area contributed by atoms with Gasteiger partial charge in [-0.1, -0.05) is 17.9 Å². The molecule has 0 unspecified atom stereocenters. The summed E-state index contributed by atoms with van der Waals surface area (Å²) < 4.78 is 5.88. The van der Waals surface area contributed by atoms with Gasteiger partial charge in [0.25, 0.3) is 0 Å². The van der Waals surface area contributed by atoms with Gasteiger partial charge in [0.05, 0.1) is 18.7 Å². The topological polar surface area (TPSA) is 38.5 Å². The van der Waals surface area contributed by atoms with E-state index in [2.05, 4.69) is 35.8 Å². The van der Waals surface area contributed by atoms with Crippen LogP contribution in [0.3, 0.4) is 0 Å². The van der Waals surface area contributed by atoms with Crippen LogP contribution in [0.25, 0.3) is 0 Å². The van der Waals surface area contributed by atoms with Crippen molar-refractivity contribution in [2.45, 2.75) is 26.2 Å². The van der Waals surface area contributed by atoms with Crippen molar-refractivity contribution in [1.29, 1.82) is 0 Å². The summed E-state index contributed by atoms with van der Waals surface area (Å²) in [5, 5.41) is 0. The van der Waals surface area contributed by atoms with Crippen molar-refractivity contribution in [3.8, 4) is 17.6 Å². The fraction of sp³-hybridized carbons (Fsp3) is 0.529. The van der Waals surface area contributed by atoms with Crippen molar-refractivity contribution in [1.82, 2.24) is 4.90 Å². The first-order valence-corrected chi connectivity index (χ1v) is 7.44. The van der Waals surface area contributed by atoms with E-state index in [1.54, 1.807) is 0 Å². The monoisotopic (exact) mass is 272 g/mol. The van der Waals surface area contributed by atoms with Gasteiger partial charge in [0.2, 0.25) is 0 Å². The van der Waals surface area contributed by atoms with E-state index >= 15 is 0 Å². The lowest BCUT2D eigenvalue weighted by Gasteiger charge is -2.15. The van der Waals surface area contributed by atoms with Crippen LogP contribution in [0.1, 0.15) is 30.4 Å². The first-order valence-electron chi connectivity index (χ1n) is 7.44. The Bertz CT molecular complexity index is 481. The fourth-order valence-electron chi connectivity index (χ4n) is 2.49. The number of aryl methyl sites for hydroxylation is 1. The quantitative estimate of drug-likeness (QED) is 0.659. The van der Waals surface area contributed by atoms with E-state index in [1.165, 1.54) is 31.5 Å². The Kier molecular flexibility index (Phi) is 5.91. The van der Waals surface area contributed by atoms with Crippen LogP contribution in [0, 0.1) is 18.8 Å². The Hall–Kier alpha value is -1.50. The molecule has 1 aromatic rings. The third-order valence-electron chi connectivity index (χ3n) is 3.54. The Balaban J connectivity index is 1.84. The van der Waals surface area contributed by atoms with Crippen LogP contribution in [0.15, 0.2) is 18.2 Å². The molecule has 20 heavy (non-hydrogen) atoms. The Morgan fingerprint density at radius 1 is 1.30 bits per heavy atom. The third kappa shape index (κ3) is 4.56. The highest BCUT2D eigenvalue weighted by molar-refractivity contribution is 5.48. The second kappa shape index (κ2) is 7.94. The Labute approximate surface area is 122 Å². The standard InChI is InChI=1S/C17H24N2O/c1-15-7-8-17(16(14-15)6-4-9-18)20-13-5-12-19-10-2-3-11-19/h7-8,14H,2-3,5,9-13,18H2,1H3. The molecule has 2 rings (SSSR count). The molecule has 0 atom stereocenters. The lowest BCUT2D eigenvalue weighted by molar-refractivity contribution is 0.263. The summed E-state index contributed by atoms with van der Waals surface area (Å²) in [5.41, 5.74) is 7.57. The van der Waals surface area contributed by atoms with Crippen LogP contribution >= 0.6 is 0 Å². The van der Waals surface area contributed by atoms with Gasteiger partial charge in [-0.25, -0.2) is 0 Å². The molecule has 0 spiro atoms. The molecule has 1 aliphatic heterocycles. The summed E-state index contributed by atoms with van der Waals surface area (Å²) >= 11 is 0. The summed E-state index contributed by atoms with van der Waals surface area (Å²) in [4.78, 5) is 2.51. The number of nitrogens with zero attached hydrogens (tertiary/aromatic N) is 1. The van der Waals surface area contributed by atoms with Crippen LogP contribution in [-0.4, -0.2) is 37.7 Å². The summed E-state index contributed by atoms with van der Waals surface area (Å²) in [6.07, 6.45) is 3.76. The zero-order valence-electron chi connectivity index (χ0n) is 12.3. The summed E-state index contributed by atoms with van der Waals surface area (Å²) in [6.45, 7) is 6.81. The van der Waals surface area contributed by atoms with Crippen LogP contribution in [0.5, 0.6) is 5.75 Å². The van der Waals surface area contributed by atoms with Crippen molar-refractivity contribution in [3.05, 3.63) is 29.3 Å². The molecule has 1 fully saturated rings. The second-order valence-corrected chi connectivity index (χ2v) is 5.26. The number of nitrogens with two attached hydrogens (primary N) is 1. The highest BCUT2D eigenvalue weighted by Crippen LogP contribution is 2.19. The van der Waals surface area contributed by atoms with Crippen molar-refractivity contribution in [2.24, 2.45) is 5.73 Å². The van der Waals surface area contributed by atoms with Crippen molar-refractivity contribution < 1.29 is 4.74 Å². The second-order valence-electron chi connectivity index (χ2n) is 5.26. The first-order chi connectivity index (χ1) is 9.79. The van der Waals surface area contributed by atoms with Gasteiger partial charge >= 0.3 is 0 Å². The smallest absolute Gasteiger partial charge is 0.134 e. The molecule has 108 valence electrons. The van der Waals surface area contributed by atoms with Gasteiger partial charge in [0, 0.05) is 6.54 Å². The molecule has 3 heteroatoms. The van der Waals surface area contributed by atoms with Gasteiger partial charge in [0.15, 0.2) is 0 Å². The van der Waals surface area contributed by atoms with E-state index in [4.69, 9.17) is 10.5 Å². The maximum atomic E-state index is 5.88. The molecule has 0 saturated carbocycles. The van der Waals surface area contributed by atoms with Crippen LogP contribution in [0.4, 0.5) is 0 Å². The van der Waals surface area contributed by atoms with Gasteiger partial charge in [-0.3, -0.25) is 0 Å². The number of ether oxygens (including phenoxy) is 1. The van der Waals surface area contributed by atoms with E-state index in [1.807, 2.05) is 6.07 Å². The van der Waals surface area contributed by atoms with Gasteiger partial charge < -0.3 is 15.4 Å². The van der Waals surface area contributed by atoms with Crippen LogP contribution in [0.2, 0.25) is 0 Å². The van der Waals surface area contributed by atoms with Gasteiger partial charge in [0.1, 0.15) is 5.75 Å². The largest absolute Gasteiger partial charge is 0.492 e. The van der Waals surface area contributed by atoms with Crippen molar-refractivity contribution >= 4 is 0 Å². The highest BCUT2D eigenvalue weighted by atomic mass is 16.5. The number of likely N-dealkylation sites (tertiary alicyclic amines) is 1. The molecule has 0 radical (unpaired) electrons. The predicted molar refractivity (Wildman–Crippen MR) is 82.9 cm³/mol. The molecular formula is C17H24N2O. The predicted octanol–water partition coefficient (Wildman–Crippen LogP) is 2.17. The summed E-state index contributed by atoms with van der Waals surface area (Å²) in [5.74, 6) is 6.86. The van der Waals surface area contributed by atoms with Crippen LogP contribution < -0.4 is 10.5 Å². The molecule has 0 amide bonds. The minimum Gasteiger partial charge on any atom is -0.492 e. The molecule has 0 aliphatic carbocycles. The number of hydrogen-bond donors (Lipinski definition) is 1. The van der Waals surface area contributed by atoms with Gasteiger partial charge in [-0.15, -0.1) is 0 Å². The molecule has 2 N–H and O–H groups in total. The fourth-order valence-corrected chi connectivity index (χ4v) is 2.49. The van der Waals surface area contributed by atoms with E-state index < -0.39 is 0 Å². The summed E-state index contributed by atoms with van der Waals surface area (Å²) in [7, 11) is 0. The normalized spacial score (nSPS) is 14.9. The van der Waals surface area contributed by atoms with Gasteiger partial charge in [-0.05, 0) is 57.0 Å². The third-order valence-corrected chi connectivity index (χ3v) is 3.54. The van der Waals surface area contributed by atoms with E-state index in [-0.39, 0.29) is 0 Å². The van der Waals surface area contributed by atoms with E-state index in [0.29, 0.717) is 6.54 Å². The number of rotatable bonds is 5. The lowest BCUT2D eigenvalue weighted by Crippen LogP contribution is -2.22. The molecule has 1 saturated heterocycles. The van der Waals surface area contributed by atoms with Crippen molar-refractivity contribution in [3.63, 3.8) is 0 Å². The number of hydrogen-bond acceptors (Lipinski definition) is 3. The molecule has 3 nitrogen and oxygen atoms in total. The molecular weight excluding hydrogens is 248 g/mol. The zero-order chi connectivity index (χ0) is 14.2.